The molecule has 0 amide bonds. The van der Waals surface area contributed by atoms with Gasteiger partial charge >= 0.3 is 0 Å². The van der Waals surface area contributed by atoms with Crippen LogP contribution in [0.15, 0.2) is 6.07 Å². The topological polar surface area (TPSA) is 35.5 Å². The molecule has 19 heavy (non-hydrogen) atoms. The lowest BCUT2D eigenvalue weighted by Crippen LogP contribution is -2.05. The van der Waals surface area contributed by atoms with Crippen molar-refractivity contribution in [1.82, 2.24) is 0 Å². The fourth-order valence-electron chi connectivity index (χ4n) is 2.44. The van der Waals surface area contributed by atoms with Crippen molar-refractivity contribution in [3.63, 3.8) is 0 Å². The van der Waals surface area contributed by atoms with Crippen LogP contribution in [-0.4, -0.2) is 19.5 Å². The van der Waals surface area contributed by atoms with Gasteiger partial charge in [-0.3, -0.25) is 0 Å². The molecule has 0 aliphatic carbocycles. The quantitative estimate of drug-likeness (QED) is 0.789. The summed E-state index contributed by atoms with van der Waals surface area (Å²) in [6.45, 7) is 5.37. The lowest BCUT2D eigenvalue weighted by atomic mass is 9.91. The third-order valence-corrected chi connectivity index (χ3v) is 3.72. The zero-order valence-corrected chi connectivity index (χ0v) is 12.1. The van der Waals surface area contributed by atoms with Gasteiger partial charge in [-0.1, -0.05) is 25.4 Å². The number of benzene rings is 1. The smallest absolute Gasteiger partial charge is 0.180 e. The summed E-state index contributed by atoms with van der Waals surface area (Å²) in [7, 11) is 0. The standard InChI is InChI=1S/C15H19ClO3/c1-3-11-12(10(2)5-6-17)9-13(16)15-14(11)18-7-4-8-19-15/h6,9-10H,3-5,7-8H2,1-2H3. The Hall–Kier alpha value is -1.22. The molecular formula is C15H19ClO3. The van der Waals surface area contributed by atoms with Crippen LogP contribution in [0.5, 0.6) is 11.5 Å². The molecule has 0 radical (unpaired) electrons. The molecule has 3 nitrogen and oxygen atoms in total. The molecule has 1 unspecified atom stereocenters. The highest BCUT2D eigenvalue weighted by Gasteiger charge is 2.23. The van der Waals surface area contributed by atoms with Crippen LogP contribution >= 0.6 is 11.6 Å². The summed E-state index contributed by atoms with van der Waals surface area (Å²) in [5.41, 5.74) is 2.19. The van der Waals surface area contributed by atoms with Crippen LogP contribution in [0.2, 0.25) is 5.02 Å². The zero-order chi connectivity index (χ0) is 13.8. The van der Waals surface area contributed by atoms with E-state index in [1.165, 1.54) is 0 Å². The highest BCUT2D eigenvalue weighted by molar-refractivity contribution is 6.32. The summed E-state index contributed by atoms with van der Waals surface area (Å²) in [5, 5.41) is 0.571. The van der Waals surface area contributed by atoms with Crippen LogP contribution in [0, 0.1) is 0 Å². The van der Waals surface area contributed by atoms with E-state index < -0.39 is 0 Å². The van der Waals surface area contributed by atoms with Crippen LogP contribution < -0.4 is 9.47 Å². The third-order valence-electron chi connectivity index (χ3n) is 3.44. The summed E-state index contributed by atoms with van der Waals surface area (Å²) in [6, 6.07) is 1.92. The maximum atomic E-state index is 10.7. The number of hydrogen-bond donors (Lipinski definition) is 0. The molecule has 1 aromatic rings. The first-order valence-electron chi connectivity index (χ1n) is 6.73. The molecule has 1 heterocycles. The highest BCUT2D eigenvalue weighted by Crippen LogP contribution is 2.44. The molecule has 104 valence electrons. The monoisotopic (exact) mass is 282 g/mol. The van der Waals surface area contributed by atoms with Gasteiger partial charge in [-0.05, 0) is 24.0 Å². The van der Waals surface area contributed by atoms with Gasteiger partial charge in [0.1, 0.15) is 6.29 Å². The van der Waals surface area contributed by atoms with E-state index >= 15 is 0 Å². The maximum absolute atomic E-state index is 10.7. The molecule has 0 saturated heterocycles. The van der Waals surface area contributed by atoms with Crippen LogP contribution in [0.4, 0.5) is 0 Å². The van der Waals surface area contributed by atoms with Gasteiger partial charge in [0.2, 0.25) is 0 Å². The van der Waals surface area contributed by atoms with Gasteiger partial charge < -0.3 is 14.3 Å². The minimum Gasteiger partial charge on any atom is -0.489 e. The highest BCUT2D eigenvalue weighted by atomic mass is 35.5. The average Bonchev–Trinajstić information content (AvgIpc) is 2.65. The van der Waals surface area contributed by atoms with Crippen molar-refractivity contribution in [2.45, 2.75) is 39.0 Å². The minimum absolute atomic E-state index is 0.141. The van der Waals surface area contributed by atoms with Gasteiger partial charge in [0, 0.05) is 18.4 Å². The summed E-state index contributed by atoms with van der Waals surface area (Å²) < 4.78 is 11.5. The van der Waals surface area contributed by atoms with Gasteiger partial charge in [0.25, 0.3) is 0 Å². The Kier molecular flexibility index (Phi) is 4.70. The van der Waals surface area contributed by atoms with Crippen molar-refractivity contribution < 1.29 is 14.3 Å². The van der Waals surface area contributed by atoms with Crippen LogP contribution in [-0.2, 0) is 11.2 Å². The van der Waals surface area contributed by atoms with Gasteiger partial charge in [0.15, 0.2) is 11.5 Å². The number of hydrogen-bond acceptors (Lipinski definition) is 3. The lowest BCUT2D eigenvalue weighted by molar-refractivity contribution is -0.108. The third kappa shape index (κ3) is 2.86. The first-order valence-corrected chi connectivity index (χ1v) is 7.11. The SMILES string of the molecule is CCc1c(C(C)CC=O)cc(Cl)c2c1OCCCO2. The molecular weight excluding hydrogens is 264 g/mol. The summed E-state index contributed by atoms with van der Waals surface area (Å²) >= 11 is 6.30. The van der Waals surface area contributed by atoms with Gasteiger partial charge in [-0.2, -0.15) is 0 Å². The van der Waals surface area contributed by atoms with Crippen molar-refractivity contribution in [3.05, 3.63) is 22.2 Å². The van der Waals surface area contributed by atoms with E-state index in [1.54, 1.807) is 0 Å². The first kappa shape index (κ1) is 14.2. The molecule has 1 aliphatic heterocycles. The molecule has 4 heteroatoms. The van der Waals surface area contributed by atoms with Gasteiger partial charge in [0.05, 0.1) is 18.2 Å². The Morgan fingerprint density at radius 3 is 2.68 bits per heavy atom. The predicted octanol–water partition coefficient (Wildman–Crippen LogP) is 3.76. The van der Waals surface area contributed by atoms with E-state index in [-0.39, 0.29) is 5.92 Å². The Bertz CT molecular complexity index is 471. The van der Waals surface area contributed by atoms with Gasteiger partial charge in [-0.25, -0.2) is 0 Å². The number of fused-ring (bicyclic) bond motifs is 1. The molecule has 0 aromatic heterocycles. The number of rotatable bonds is 4. The molecule has 0 saturated carbocycles. The second kappa shape index (κ2) is 6.29. The Morgan fingerprint density at radius 2 is 2.05 bits per heavy atom. The van der Waals surface area contributed by atoms with Crippen LogP contribution in [0.1, 0.15) is 43.7 Å². The lowest BCUT2D eigenvalue weighted by Gasteiger charge is -2.20. The minimum atomic E-state index is 0.141. The largest absolute Gasteiger partial charge is 0.489 e. The second-order valence-corrected chi connectivity index (χ2v) is 5.20. The van der Waals surface area contributed by atoms with Crippen molar-refractivity contribution in [2.24, 2.45) is 0 Å². The molecule has 0 N–H and O–H groups in total. The zero-order valence-electron chi connectivity index (χ0n) is 11.4. The molecule has 0 fully saturated rings. The Balaban J connectivity index is 2.53. The number of carbonyl (C=O) groups is 1. The number of ether oxygens (including phenoxy) is 2. The van der Waals surface area contributed by atoms with Crippen LogP contribution in [0.25, 0.3) is 0 Å². The van der Waals surface area contributed by atoms with Crippen molar-refractivity contribution >= 4 is 17.9 Å². The van der Waals surface area contributed by atoms with E-state index in [0.29, 0.717) is 30.4 Å². The van der Waals surface area contributed by atoms with Gasteiger partial charge in [-0.15, -0.1) is 0 Å². The van der Waals surface area contributed by atoms with Crippen molar-refractivity contribution in [3.8, 4) is 11.5 Å². The van der Waals surface area contributed by atoms with E-state index in [4.69, 9.17) is 21.1 Å². The second-order valence-electron chi connectivity index (χ2n) is 4.79. The summed E-state index contributed by atoms with van der Waals surface area (Å²) in [5.74, 6) is 1.56. The van der Waals surface area contributed by atoms with Crippen molar-refractivity contribution in [2.75, 3.05) is 13.2 Å². The number of aldehydes is 1. The fraction of sp³-hybridized carbons (Fsp3) is 0.533. The molecule has 0 bridgehead atoms. The Labute approximate surface area is 118 Å². The molecule has 1 aliphatic rings. The summed E-state index contributed by atoms with van der Waals surface area (Å²) in [6.07, 6.45) is 3.12. The number of halogens is 1. The Morgan fingerprint density at radius 1 is 1.37 bits per heavy atom. The van der Waals surface area contributed by atoms with Crippen LogP contribution in [0.3, 0.4) is 0 Å². The normalized spacial score (nSPS) is 15.7. The summed E-state index contributed by atoms with van der Waals surface area (Å²) in [4.78, 5) is 10.7. The number of carbonyl (C=O) groups excluding carboxylic acids is 1. The maximum Gasteiger partial charge on any atom is 0.180 e. The first-order chi connectivity index (χ1) is 9.19. The van der Waals surface area contributed by atoms with E-state index in [0.717, 1.165) is 36.0 Å². The van der Waals surface area contributed by atoms with Crippen molar-refractivity contribution in [1.29, 1.82) is 0 Å². The molecule has 2 rings (SSSR count). The molecule has 1 atom stereocenters. The molecule has 1 aromatic carbocycles. The molecule has 0 spiro atoms. The predicted molar refractivity (Wildman–Crippen MR) is 75.5 cm³/mol. The average molecular weight is 283 g/mol. The van der Waals surface area contributed by atoms with E-state index in [9.17, 15) is 4.79 Å². The van der Waals surface area contributed by atoms with E-state index in [2.05, 4.69) is 6.92 Å². The fourth-order valence-corrected chi connectivity index (χ4v) is 2.69. The van der Waals surface area contributed by atoms with E-state index in [1.807, 2.05) is 13.0 Å².